The predicted molar refractivity (Wildman–Crippen MR) is 282 cm³/mol. The van der Waals surface area contributed by atoms with E-state index in [-0.39, 0.29) is 17.7 Å². The third-order valence-electron chi connectivity index (χ3n) is 11.1. The molecule has 0 aliphatic rings. The van der Waals surface area contributed by atoms with E-state index in [1.54, 1.807) is 81.4 Å². The zero-order valence-corrected chi connectivity index (χ0v) is 45.1. The monoisotopic (exact) mass is 1120 g/mol. The number of aliphatic hydroxyl groups is 2. The van der Waals surface area contributed by atoms with Gasteiger partial charge in [-0.1, -0.05) is 60.7 Å². The summed E-state index contributed by atoms with van der Waals surface area (Å²) in [5, 5.41) is 38.3. The fourth-order valence-corrected chi connectivity index (χ4v) is 7.06. The number of aliphatic hydroxyl groups excluding tert-OH is 2. The second kappa shape index (κ2) is 32.5. The smallest absolute Gasteiger partial charge is 0.407 e. The third-order valence-corrected chi connectivity index (χ3v) is 11.3. The second-order valence-corrected chi connectivity index (χ2v) is 19.1. The molecule has 78 heavy (non-hydrogen) atoms. The molecule has 0 bridgehead atoms. The van der Waals surface area contributed by atoms with Crippen molar-refractivity contribution in [3.8, 4) is 0 Å². The van der Waals surface area contributed by atoms with Crippen LogP contribution in [0.3, 0.4) is 0 Å². The number of carbonyl (C=O) groups is 7. The molecule has 0 aliphatic heterocycles. The highest BCUT2D eigenvalue weighted by Crippen LogP contribution is 2.20. The number of ether oxygens (including phenoxy) is 1. The lowest BCUT2D eigenvalue weighted by Gasteiger charge is -2.23. The largest absolute Gasteiger partial charge is 0.444 e. The highest BCUT2D eigenvalue weighted by molar-refractivity contribution is 6.13. The summed E-state index contributed by atoms with van der Waals surface area (Å²) in [6.07, 6.45) is -4.34. The first kappa shape index (κ1) is 65.1. The number of nitrogens with zero attached hydrogens (tertiary/aromatic N) is 2. The van der Waals surface area contributed by atoms with Crippen LogP contribution in [0.1, 0.15) is 81.2 Å². The highest BCUT2D eigenvalue weighted by atomic mass is 35.5. The average Bonchev–Trinajstić information content (AvgIpc) is 3.37. The van der Waals surface area contributed by atoms with Crippen molar-refractivity contribution in [2.45, 2.75) is 76.6 Å². The van der Waals surface area contributed by atoms with Gasteiger partial charge in [0, 0.05) is 64.5 Å². The van der Waals surface area contributed by atoms with Gasteiger partial charge in [-0.3, -0.25) is 28.8 Å². The third kappa shape index (κ3) is 23.6. The van der Waals surface area contributed by atoms with Crippen LogP contribution in [0, 0.1) is 23.3 Å². The van der Waals surface area contributed by atoms with Gasteiger partial charge in [-0.05, 0) is 107 Å². The maximum absolute atomic E-state index is 13.5. The Kier molecular flexibility index (Phi) is 27.1. The molecule has 426 valence electrons. The summed E-state index contributed by atoms with van der Waals surface area (Å²) >= 11 is 5.45. The average molecular weight is 1120 g/mol. The predicted octanol–water partition coefficient (Wildman–Crippen LogP) is 3.08. The molecule has 0 fully saturated rings. The van der Waals surface area contributed by atoms with Crippen LogP contribution in [0.15, 0.2) is 97.1 Å². The van der Waals surface area contributed by atoms with E-state index in [1.807, 2.05) is 23.9 Å². The van der Waals surface area contributed by atoms with Crippen molar-refractivity contribution >= 4 is 53.3 Å². The van der Waals surface area contributed by atoms with E-state index in [0.29, 0.717) is 69.1 Å². The zero-order chi connectivity index (χ0) is 58.1. The van der Waals surface area contributed by atoms with Crippen molar-refractivity contribution in [1.29, 1.82) is 0 Å². The SMILES string of the molecule is C[C@H](NC(=O)C(O)c1cc(F)cc(F)c1)C(=O)N[C@H](C(=O)NCCN(C)CCNC(=O)OC(C)(C)C)c1ccccc1.C[C@H](NC(=O)C(O)c1cc(F)cc(F)c1)C(=O)N[C@H](C(=O)NCCN(C)CCNCl)c1ccccc1. The van der Waals surface area contributed by atoms with E-state index in [9.17, 15) is 61.3 Å². The molecule has 4 rings (SSSR count). The van der Waals surface area contributed by atoms with E-state index in [2.05, 4.69) is 42.1 Å². The lowest BCUT2D eigenvalue weighted by molar-refractivity contribution is -0.135. The number of alkyl carbamates (subject to hydrolysis) is 1. The number of benzene rings is 4. The quantitative estimate of drug-likeness (QED) is 0.0321. The summed E-state index contributed by atoms with van der Waals surface area (Å²) < 4.78 is 59.0. The first-order valence-corrected chi connectivity index (χ1v) is 25.0. The Morgan fingerprint density at radius 2 is 0.833 bits per heavy atom. The van der Waals surface area contributed by atoms with Gasteiger partial charge in [0.2, 0.25) is 23.6 Å². The molecule has 7 amide bonds. The Bertz CT molecular complexity index is 2570. The van der Waals surface area contributed by atoms with E-state index in [4.69, 9.17) is 16.5 Å². The van der Waals surface area contributed by atoms with Crippen LogP contribution < -0.4 is 42.1 Å². The van der Waals surface area contributed by atoms with Crippen molar-refractivity contribution in [3.05, 3.63) is 143 Å². The summed E-state index contributed by atoms with van der Waals surface area (Å²) in [5.74, 6) is -8.31. The van der Waals surface area contributed by atoms with E-state index in [1.165, 1.54) is 13.8 Å². The number of rotatable bonds is 26. The standard InChI is InChI=1S/C29H39F2N5O6.C24H30ClF2N5O4/c1-18(34-27(40)24(37)20-15-21(30)17-22(31)16-20)25(38)35-23(19-9-7-6-8-10-19)26(39)32-11-13-36(5)14-12-33-28(41)42-29(2,3)4;1-15(30-24(36)21(33)17-12-18(26)14-19(27)13-17)22(34)31-20(16-6-4-3-5-7-16)23(35)28-8-10-32(2)11-9-29-25/h6-10,15-18,23-24,37H,11-14H2,1-5H3,(H,32,39)(H,33,41)(H,34,40)(H,35,38);3-7,12-15,20-21,29,33H,8-11H2,1-2H3,(H,28,35)(H,30,36)(H,31,34)/t18-,23-,24?;15-,20-,21?/m00/s1. The lowest BCUT2D eigenvalue weighted by atomic mass is 10.1. The molecule has 20 nitrogen and oxygen atoms in total. The molecule has 0 aliphatic carbocycles. The van der Waals surface area contributed by atoms with Gasteiger partial charge in [0.25, 0.3) is 11.8 Å². The molecule has 4 aromatic carbocycles. The molecule has 0 spiro atoms. The van der Waals surface area contributed by atoms with Crippen LogP contribution in [0.2, 0.25) is 0 Å². The fraction of sp³-hybridized carbons (Fsp3) is 0.415. The van der Waals surface area contributed by atoms with Gasteiger partial charge < -0.3 is 62.0 Å². The van der Waals surface area contributed by atoms with Gasteiger partial charge in [-0.15, -0.1) is 0 Å². The number of hydrogen-bond donors (Lipinski definition) is 10. The Labute approximate surface area is 455 Å². The molecular formula is C53H69ClF4N10O10. The van der Waals surface area contributed by atoms with Crippen molar-refractivity contribution in [1.82, 2.24) is 51.9 Å². The zero-order valence-electron chi connectivity index (χ0n) is 44.3. The second-order valence-electron chi connectivity index (χ2n) is 18.9. The van der Waals surface area contributed by atoms with Crippen LogP contribution in [-0.4, -0.2) is 146 Å². The topological polar surface area (TPSA) is 272 Å². The molecule has 25 heteroatoms. The summed E-state index contributed by atoms with van der Waals surface area (Å²) in [6, 6.07) is 17.0. The van der Waals surface area contributed by atoms with Gasteiger partial charge in [-0.25, -0.2) is 27.2 Å². The van der Waals surface area contributed by atoms with E-state index in [0.717, 1.165) is 24.3 Å². The van der Waals surface area contributed by atoms with Crippen LogP contribution in [-0.2, 0) is 33.5 Å². The molecule has 6 atom stereocenters. The van der Waals surface area contributed by atoms with Crippen molar-refractivity contribution < 1.29 is 66.1 Å². The molecule has 10 N–H and O–H groups in total. The molecular weight excluding hydrogens is 1050 g/mol. The number of nitrogens with one attached hydrogen (secondary N) is 8. The van der Waals surface area contributed by atoms with Gasteiger partial charge in [0.15, 0.2) is 12.2 Å². The maximum atomic E-state index is 13.5. The first-order valence-electron chi connectivity index (χ1n) is 24.6. The lowest BCUT2D eigenvalue weighted by Crippen LogP contribution is -2.50. The number of carbonyl (C=O) groups excluding carboxylic acids is 7. The van der Waals surface area contributed by atoms with Crippen molar-refractivity contribution in [2.75, 3.05) is 66.5 Å². The van der Waals surface area contributed by atoms with Gasteiger partial charge >= 0.3 is 6.09 Å². The molecule has 0 saturated heterocycles. The highest BCUT2D eigenvalue weighted by Gasteiger charge is 2.30. The summed E-state index contributed by atoms with van der Waals surface area (Å²) in [5.41, 5.74) is -0.196. The van der Waals surface area contributed by atoms with Crippen LogP contribution >= 0.6 is 11.8 Å². The van der Waals surface area contributed by atoms with E-state index >= 15 is 0 Å². The Hall–Kier alpha value is -7.22. The van der Waals surface area contributed by atoms with Gasteiger partial charge in [-0.2, -0.15) is 0 Å². The summed E-state index contributed by atoms with van der Waals surface area (Å²) in [6.45, 7) is 11.6. The minimum Gasteiger partial charge on any atom is -0.444 e. The van der Waals surface area contributed by atoms with Crippen molar-refractivity contribution in [2.24, 2.45) is 0 Å². The van der Waals surface area contributed by atoms with Crippen LogP contribution in [0.5, 0.6) is 0 Å². The molecule has 0 radical (unpaired) electrons. The number of likely N-dealkylation sites (N-methyl/N-ethyl adjacent to an activating group) is 2. The van der Waals surface area contributed by atoms with Gasteiger partial charge in [0.1, 0.15) is 53.0 Å². The molecule has 4 aromatic rings. The molecule has 0 heterocycles. The molecule has 0 aromatic heterocycles. The Balaban J connectivity index is 0.000000415. The maximum Gasteiger partial charge on any atom is 0.407 e. The normalized spacial score (nSPS) is 13.5. The summed E-state index contributed by atoms with van der Waals surface area (Å²) in [7, 11) is 3.68. The van der Waals surface area contributed by atoms with Gasteiger partial charge in [0.05, 0.1) is 0 Å². The minimum absolute atomic E-state index is 0.240. The van der Waals surface area contributed by atoms with E-state index < -0.39 is 107 Å². The Morgan fingerprint density at radius 1 is 0.500 bits per heavy atom. The van der Waals surface area contributed by atoms with Crippen molar-refractivity contribution in [3.63, 3.8) is 0 Å². The Morgan fingerprint density at radius 3 is 1.17 bits per heavy atom. The molecule has 0 saturated carbocycles. The number of halogens is 5. The van der Waals surface area contributed by atoms with Crippen LogP contribution in [0.25, 0.3) is 0 Å². The fourth-order valence-electron chi connectivity index (χ4n) is 6.97. The van der Waals surface area contributed by atoms with Crippen LogP contribution in [0.4, 0.5) is 22.4 Å². The molecule has 2 unspecified atom stereocenters. The minimum atomic E-state index is -1.92. The first-order chi connectivity index (χ1) is 36.8. The number of amides is 7. The summed E-state index contributed by atoms with van der Waals surface area (Å²) in [4.78, 5) is 94.6. The number of hydrogen-bond acceptors (Lipinski definition) is 13.